The minimum Gasteiger partial charge on any atom is -0.485 e. The van der Waals surface area contributed by atoms with Crippen molar-refractivity contribution >= 4 is 15.9 Å². The first-order valence-electron chi connectivity index (χ1n) is 6.56. The van der Waals surface area contributed by atoms with Crippen molar-refractivity contribution < 1.29 is 22.7 Å². The van der Waals surface area contributed by atoms with E-state index in [0.29, 0.717) is 12.3 Å². The van der Waals surface area contributed by atoms with Crippen molar-refractivity contribution in [2.45, 2.75) is 17.0 Å². The second-order valence-corrected chi connectivity index (χ2v) is 6.74. The lowest BCUT2D eigenvalue weighted by Gasteiger charge is -2.16. The smallest absolute Gasteiger partial charge is 0.248 e. The van der Waals surface area contributed by atoms with Gasteiger partial charge in [-0.3, -0.25) is 4.79 Å². The molecule has 0 bridgehead atoms. The van der Waals surface area contributed by atoms with Gasteiger partial charge in [-0.2, -0.15) is 0 Å². The second kappa shape index (κ2) is 5.28. The molecule has 7 nitrogen and oxygen atoms in total. The third-order valence-corrected chi connectivity index (χ3v) is 5.14. The summed E-state index contributed by atoms with van der Waals surface area (Å²) >= 11 is 0. The van der Waals surface area contributed by atoms with Crippen molar-refractivity contribution in [2.75, 3.05) is 26.8 Å². The fraction of sp³-hybridized carbons (Fsp3) is 0.462. The number of hydrogen-bond acceptors (Lipinski definition) is 5. The molecule has 1 saturated heterocycles. The van der Waals surface area contributed by atoms with Gasteiger partial charge >= 0.3 is 0 Å². The topological polar surface area (TPSA) is 84.9 Å². The Labute approximate surface area is 122 Å². The number of hydrogen-bond donors (Lipinski definition) is 1. The van der Waals surface area contributed by atoms with Gasteiger partial charge in [-0.25, -0.2) is 13.1 Å². The first kappa shape index (κ1) is 14.3. The van der Waals surface area contributed by atoms with E-state index in [-0.39, 0.29) is 24.0 Å². The van der Waals surface area contributed by atoms with Gasteiger partial charge in [0, 0.05) is 13.7 Å². The second-order valence-electron chi connectivity index (χ2n) is 5.06. The third kappa shape index (κ3) is 2.61. The number of carbonyl (C=O) groups excluding carboxylic acids is 1. The highest BCUT2D eigenvalue weighted by molar-refractivity contribution is 7.89. The molecule has 1 aromatic rings. The van der Waals surface area contributed by atoms with Crippen LogP contribution >= 0.6 is 0 Å². The summed E-state index contributed by atoms with van der Waals surface area (Å²) in [6.45, 7) is 0.590. The molecule has 1 aromatic carbocycles. The number of methoxy groups -OCH3 is 1. The summed E-state index contributed by atoms with van der Waals surface area (Å²) in [5.41, 5.74) is 0. The quantitative estimate of drug-likeness (QED) is 0.802. The van der Waals surface area contributed by atoms with Crippen LogP contribution in [-0.4, -0.2) is 58.2 Å². The summed E-state index contributed by atoms with van der Waals surface area (Å²) in [6, 6.07) is 6.04. The zero-order chi connectivity index (χ0) is 15.0. The van der Waals surface area contributed by atoms with Crippen LogP contribution in [0.5, 0.6) is 5.75 Å². The average molecular weight is 312 g/mol. The Morgan fingerprint density at radius 2 is 2.19 bits per heavy atom. The first-order chi connectivity index (χ1) is 10.0. The van der Waals surface area contributed by atoms with E-state index in [0.717, 1.165) is 0 Å². The standard InChI is InChI=1S/C13H16N2O5S/c1-19-8-13(16)15-6-9-11(7-15)20-10-4-2-3-5-12(10)21(17,18)14-9/h2-5,9,11,14H,6-8H2,1H3. The van der Waals surface area contributed by atoms with Crippen LogP contribution in [0.4, 0.5) is 0 Å². The molecule has 2 aliphatic rings. The SMILES string of the molecule is COCC(=O)N1CC2NS(=O)(=O)c3ccccc3OC2C1. The molecule has 1 fully saturated rings. The highest BCUT2D eigenvalue weighted by Crippen LogP contribution is 2.30. The van der Waals surface area contributed by atoms with Gasteiger partial charge in [0.1, 0.15) is 23.4 Å². The molecule has 2 heterocycles. The number of fused-ring (bicyclic) bond motifs is 2. The van der Waals surface area contributed by atoms with E-state index in [1.54, 1.807) is 23.1 Å². The predicted octanol–water partition coefficient (Wildman–Crippen LogP) is -0.417. The van der Waals surface area contributed by atoms with Crippen molar-refractivity contribution in [3.63, 3.8) is 0 Å². The van der Waals surface area contributed by atoms with Gasteiger partial charge in [-0.1, -0.05) is 12.1 Å². The zero-order valence-corrected chi connectivity index (χ0v) is 12.3. The first-order valence-corrected chi connectivity index (χ1v) is 8.04. The number of benzene rings is 1. The Morgan fingerprint density at radius 1 is 1.43 bits per heavy atom. The van der Waals surface area contributed by atoms with E-state index < -0.39 is 22.2 Å². The van der Waals surface area contributed by atoms with Crippen LogP contribution in [0.2, 0.25) is 0 Å². The molecule has 2 atom stereocenters. The monoisotopic (exact) mass is 312 g/mol. The van der Waals surface area contributed by atoms with Crippen LogP contribution in [0.3, 0.4) is 0 Å². The number of likely N-dealkylation sites (tertiary alicyclic amines) is 1. The largest absolute Gasteiger partial charge is 0.485 e. The van der Waals surface area contributed by atoms with Crippen molar-refractivity contribution in [3.05, 3.63) is 24.3 Å². The normalized spacial score (nSPS) is 26.4. The molecule has 0 saturated carbocycles. The summed E-state index contributed by atoms with van der Waals surface area (Å²) in [5.74, 6) is 0.139. The summed E-state index contributed by atoms with van der Waals surface area (Å²) < 4.78 is 37.9. The van der Waals surface area contributed by atoms with Gasteiger partial charge < -0.3 is 14.4 Å². The molecule has 2 aliphatic heterocycles. The van der Waals surface area contributed by atoms with Gasteiger partial charge in [0.2, 0.25) is 15.9 Å². The number of nitrogens with one attached hydrogen (secondary N) is 1. The number of sulfonamides is 1. The molecule has 1 N–H and O–H groups in total. The Balaban J connectivity index is 1.88. The minimum absolute atomic E-state index is 0.0250. The van der Waals surface area contributed by atoms with Crippen molar-refractivity contribution in [3.8, 4) is 5.75 Å². The van der Waals surface area contributed by atoms with Crippen LogP contribution in [-0.2, 0) is 19.6 Å². The molecular formula is C13H16N2O5S. The van der Waals surface area contributed by atoms with Gasteiger partial charge in [0.15, 0.2) is 0 Å². The molecule has 0 spiro atoms. The van der Waals surface area contributed by atoms with Crippen molar-refractivity contribution in [1.82, 2.24) is 9.62 Å². The van der Waals surface area contributed by atoms with E-state index in [1.165, 1.54) is 13.2 Å². The van der Waals surface area contributed by atoms with Crippen LogP contribution in [0.1, 0.15) is 0 Å². The van der Waals surface area contributed by atoms with E-state index in [4.69, 9.17) is 9.47 Å². The average Bonchev–Trinajstić information content (AvgIpc) is 2.77. The molecule has 0 aromatic heterocycles. The molecule has 1 amide bonds. The highest BCUT2D eigenvalue weighted by Gasteiger charge is 2.42. The molecule has 8 heteroatoms. The predicted molar refractivity (Wildman–Crippen MR) is 73.4 cm³/mol. The van der Waals surface area contributed by atoms with E-state index >= 15 is 0 Å². The van der Waals surface area contributed by atoms with E-state index in [2.05, 4.69) is 4.72 Å². The van der Waals surface area contributed by atoms with Crippen LogP contribution < -0.4 is 9.46 Å². The van der Waals surface area contributed by atoms with Gasteiger partial charge in [-0.05, 0) is 12.1 Å². The number of rotatable bonds is 2. The summed E-state index contributed by atoms with van der Waals surface area (Å²) in [5, 5.41) is 0. The fourth-order valence-electron chi connectivity index (χ4n) is 2.62. The molecular weight excluding hydrogens is 296 g/mol. The summed E-state index contributed by atoms with van der Waals surface area (Å²) in [7, 11) is -2.19. The maximum absolute atomic E-state index is 12.3. The van der Waals surface area contributed by atoms with Crippen LogP contribution in [0, 0.1) is 0 Å². The molecule has 0 aliphatic carbocycles. The number of carbonyl (C=O) groups is 1. The number of nitrogens with zero attached hydrogens (tertiary/aromatic N) is 1. The molecule has 2 unspecified atom stereocenters. The minimum atomic E-state index is -3.64. The summed E-state index contributed by atoms with van der Waals surface area (Å²) in [4.78, 5) is 13.5. The summed E-state index contributed by atoms with van der Waals surface area (Å²) in [6.07, 6.45) is -0.399. The number of ether oxygens (including phenoxy) is 2. The molecule has 3 rings (SSSR count). The maximum atomic E-state index is 12.3. The zero-order valence-electron chi connectivity index (χ0n) is 11.5. The van der Waals surface area contributed by atoms with E-state index in [9.17, 15) is 13.2 Å². The molecule has 0 radical (unpaired) electrons. The fourth-order valence-corrected chi connectivity index (χ4v) is 4.01. The van der Waals surface area contributed by atoms with Crippen LogP contribution in [0.25, 0.3) is 0 Å². The Morgan fingerprint density at radius 3 is 2.95 bits per heavy atom. The van der Waals surface area contributed by atoms with Gasteiger partial charge in [-0.15, -0.1) is 0 Å². The lowest BCUT2D eigenvalue weighted by Crippen LogP contribution is -2.43. The third-order valence-electron chi connectivity index (χ3n) is 3.61. The highest BCUT2D eigenvalue weighted by atomic mass is 32.2. The lowest BCUT2D eigenvalue weighted by molar-refractivity contribution is -0.134. The van der Waals surface area contributed by atoms with Gasteiger partial charge in [0.25, 0.3) is 0 Å². The Kier molecular flexibility index (Phi) is 3.60. The number of amides is 1. The van der Waals surface area contributed by atoms with E-state index in [1.807, 2.05) is 0 Å². The maximum Gasteiger partial charge on any atom is 0.248 e. The van der Waals surface area contributed by atoms with Crippen molar-refractivity contribution in [1.29, 1.82) is 0 Å². The molecule has 21 heavy (non-hydrogen) atoms. The van der Waals surface area contributed by atoms with Crippen molar-refractivity contribution in [2.24, 2.45) is 0 Å². The Bertz CT molecular complexity index is 660. The Hall–Kier alpha value is -1.64. The lowest BCUT2D eigenvalue weighted by atomic mass is 10.2. The van der Waals surface area contributed by atoms with Gasteiger partial charge in [0.05, 0.1) is 12.6 Å². The van der Waals surface area contributed by atoms with Crippen LogP contribution in [0.15, 0.2) is 29.2 Å². The number of para-hydroxylation sites is 1. The molecule has 114 valence electrons.